The van der Waals surface area contributed by atoms with Crippen LogP contribution in [0.15, 0.2) is 30.6 Å². The number of rotatable bonds is 4. The van der Waals surface area contributed by atoms with Crippen LogP contribution in [0.3, 0.4) is 0 Å². The number of hydrogen-bond acceptors (Lipinski definition) is 4. The molecule has 0 amide bonds. The van der Waals surface area contributed by atoms with Crippen molar-refractivity contribution in [2.45, 2.75) is 25.9 Å². The summed E-state index contributed by atoms with van der Waals surface area (Å²) in [5.74, 6) is 0.275. The maximum absolute atomic E-state index is 12.6. The average molecular weight is 336 g/mol. The lowest BCUT2D eigenvalue weighted by Gasteiger charge is -2.07. The van der Waals surface area contributed by atoms with Crippen LogP contribution in [-0.2, 0) is 12.6 Å². The van der Waals surface area contributed by atoms with Gasteiger partial charge in [-0.3, -0.25) is 0 Å². The van der Waals surface area contributed by atoms with Crippen molar-refractivity contribution in [3.63, 3.8) is 0 Å². The molecule has 0 saturated heterocycles. The van der Waals surface area contributed by atoms with Crippen LogP contribution in [0.25, 0.3) is 16.9 Å². The molecular formula is C16H15F3N4O. The summed E-state index contributed by atoms with van der Waals surface area (Å²) >= 11 is 0. The Morgan fingerprint density at radius 1 is 1.17 bits per heavy atom. The quantitative estimate of drug-likeness (QED) is 0.795. The van der Waals surface area contributed by atoms with Crippen LogP contribution < -0.4 is 0 Å². The van der Waals surface area contributed by atoms with Gasteiger partial charge in [0.2, 0.25) is 0 Å². The second kappa shape index (κ2) is 6.20. The zero-order valence-corrected chi connectivity index (χ0v) is 12.9. The molecule has 3 aromatic rings. The molecule has 24 heavy (non-hydrogen) atoms. The van der Waals surface area contributed by atoms with Gasteiger partial charge >= 0.3 is 6.18 Å². The molecule has 0 fully saturated rings. The van der Waals surface area contributed by atoms with E-state index in [0.717, 1.165) is 23.2 Å². The third kappa shape index (κ3) is 3.09. The number of fused-ring (bicyclic) bond motifs is 1. The summed E-state index contributed by atoms with van der Waals surface area (Å²) in [5, 5.41) is 14.0. The topological polar surface area (TPSA) is 63.8 Å². The smallest absolute Gasteiger partial charge is 0.396 e. The number of aryl methyl sites for hydroxylation is 2. The minimum absolute atomic E-state index is 0.103. The molecule has 1 N–H and O–H groups in total. The number of halogens is 3. The minimum atomic E-state index is -4.42. The summed E-state index contributed by atoms with van der Waals surface area (Å²) in [7, 11) is 0. The van der Waals surface area contributed by atoms with Crippen molar-refractivity contribution in [2.75, 3.05) is 6.61 Å². The zero-order chi connectivity index (χ0) is 17.3. The first kappa shape index (κ1) is 16.4. The molecule has 3 heterocycles. The molecule has 0 aliphatic carbocycles. The highest BCUT2D eigenvalue weighted by Crippen LogP contribution is 2.29. The Bertz CT molecular complexity index is 856. The molecule has 0 saturated carbocycles. The van der Waals surface area contributed by atoms with E-state index in [1.807, 2.05) is 6.07 Å². The largest absolute Gasteiger partial charge is 0.417 e. The van der Waals surface area contributed by atoms with E-state index in [9.17, 15) is 13.2 Å². The molecule has 0 aliphatic rings. The number of aliphatic hydroxyl groups is 1. The average Bonchev–Trinajstić information content (AvgIpc) is 2.89. The van der Waals surface area contributed by atoms with Gasteiger partial charge < -0.3 is 5.11 Å². The monoisotopic (exact) mass is 336 g/mol. The fourth-order valence-corrected chi connectivity index (χ4v) is 2.45. The van der Waals surface area contributed by atoms with Crippen LogP contribution in [-0.4, -0.2) is 31.5 Å². The fourth-order valence-electron chi connectivity index (χ4n) is 2.45. The molecule has 0 aliphatic heterocycles. The third-order valence-electron chi connectivity index (χ3n) is 3.68. The van der Waals surface area contributed by atoms with Crippen molar-refractivity contribution in [3.8, 4) is 5.82 Å². The Balaban J connectivity index is 2.01. The maximum atomic E-state index is 12.6. The lowest BCUT2D eigenvalue weighted by molar-refractivity contribution is -0.137. The van der Waals surface area contributed by atoms with Gasteiger partial charge in [0.25, 0.3) is 0 Å². The molecule has 5 nitrogen and oxygen atoms in total. The van der Waals surface area contributed by atoms with E-state index in [2.05, 4.69) is 15.1 Å². The van der Waals surface area contributed by atoms with Crippen molar-refractivity contribution >= 4 is 11.0 Å². The van der Waals surface area contributed by atoms with E-state index in [-0.39, 0.29) is 12.4 Å². The molecule has 0 bridgehead atoms. The van der Waals surface area contributed by atoms with Crippen molar-refractivity contribution in [1.29, 1.82) is 0 Å². The first-order valence-electron chi connectivity index (χ1n) is 7.39. The SMILES string of the molecule is Cc1nn(-c2ccc(C(F)(F)F)cn2)c2ncc(CCCO)cc12. The number of nitrogens with zero attached hydrogens (tertiary/aromatic N) is 4. The first-order valence-corrected chi connectivity index (χ1v) is 7.39. The molecule has 0 radical (unpaired) electrons. The van der Waals surface area contributed by atoms with Crippen LogP contribution in [0.4, 0.5) is 13.2 Å². The second-order valence-electron chi connectivity index (χ2n) is 5.44. The Morgan fingerprint density at radius 3 is 2.58 bits per heavy atom. The van der Waals surface area contributed by atoms with Crippen LogP contribution in [0, 0.1) is 6.92 Å². The normalized spacial score (nSPS) is 12.0. The molecule has 3 rings (SSSR count). The number of aliphatic hydroxyl groups excluding tert-OH is 1. The van der Waals surface area contributed by atoms with Gasteiger partial charge in [0.15, 0.2) is 11.5 Å². The second-order valence-corrected chi connectivity index (χ2v) is 5.44. The van der Waals surface area contributed by atoms with Gasteiger partial charge in [-0.15, -0.1) is 0 Å². The fraction of sp³-hybridized carbons (Fsp3) is 0.312. The third-order valence-corrected chi connectivity index (χ3v) is 3.68. The van der Waals surface area contributed by atoms with Crippen LogP contribution in [0.1, 0.15) is 23.2 Å². The molecule has 3 aromatic heterocycles. The standard InChI is InChI=1S/C16H15F3N4O/c1-10-13-7-11(3-2-6-24)8-21-15(13)23(22-10)14-5-4-12(9-20-14)16(17,18)19/h4-5,7-9,24H,2-3,6H2,1H3. The Hall–Kier alpha value is -2.48. The molecule has 126 valence electrons. The molecule has 0 spiro atoms. The predicted molar refractivity (Wildman–Crippen MR) is 81.8 cm³/mol. The van der Waals surface area contributed by atoms with E-state index >= 15 is 0 Å². The van der Waals surface area contributed by atoms with E-state index in [1.54, 1.807) is 13.1 Å². The molecular weight excluding hydrogens is 321 g/mol. The lowest BCUT2D eigenvalue weighted by Crippen LogP contribution is -2.07. The van der Waals surface area contributed by atoms with Gasteiger partial charge in [0.1, 0.15) is 0 Å². The highest BCUT2D eigenvalue weighted by atomic mass is 19.4. The summed E-state index contributed by atoms with van der Waals surface area (Å²) in [5.41, 5.74) is 1.41. The number of alkyl halides is 3. The minimum Gasteiger partial charge on any atom is -0.396 e. The van der Waals surface area contributed by atoms with Gasteiger partial charge in [-0.1, -0.05) is 0 Å². The molecule has 0 aromatic carbocycles. The van der Waals surface area contributed by atoms with E-state index in [1.165, 1.54) is 10.7 Å². The Morgan fingerprint density at radius 2 is 1.96 bits per heavy atom. The lowest BCUT2D eigenvalue weighted by atomic mass is 10.1. The van der Waals surface area contributed by atoms with Crippen LogP contribution >= 0.6 is 0 Å². The molecule has 0 unspecified atom stereocenters. The number of pyridine rings is 2. The van der Waals surface area contributed by atoms with Crippen LogP contribution in [0.5, 0.6) is 0 Å². The van der Waals surface area contributed by atoms with Gasteiger partial charge in [-0.2, -0.15) is 23.0 Å². The number of hydrogen-bond donors (Lipinski definition) is 1. The van der Waals surface area contributed by atoms with Crippen molar-refractivity contribution in [3.05, 3.63) is 47.4 Å². The van der Waals surface area contributed by atoms with E-state index in [0.29, 0.717) is 24.2 Å². The van der Waals surface area contributed by atoms with Gasteiger partial charge in [-0.05, 0) is 43.5 Å². The Labute approximate surface area is 135 Å². The van der Waals surface area contributed by atoms with Crippen molar-refractivity contribution < 1.29 is 18.3 Å². The Kier molecular flexibility index (Phi) is 4.23. The predicted octanol–water partition coefficient (Wildman–Crippen LogP) is 3.07. The molecule has 0 atom stereocenters. The summed E-state index contributed by atoms with van der Waals surface area (Å²) in [6, 6.07) is 4.18. The highest BCUT2D eigenvalue weighted by Gasteiger charge is 2.30. The van der Waals surface area contributed by atoms with Gasteiger partial charge in [-0.25, -0.2) is 9.97 Å². The summed E-state index contributed by atoms with van der Waals surface area (Å²) in [4.78, 5) is 8.22. The number of aromatic nitrogens is 4. The van der Waals surface area contributed by atoms with E-state index < -0.39 is 11.7 Å². The summed E-state index contributed by atoms with van der Waals surface area (Å²) in [6.45, 7) is 1.91. The first-order chi connectivity index (χ1) is 11.4. The summed E-state index contributed by atoms with van der Waals surface area (Å²) < 4.78 is 39.3. The maximum Gasteiger partial charge on any atom is 0.417 e. The van der Waals surface area contributed by atoms with Crippen molar-refractivity contribution in [2.24, 2.45) is 0 Å². The van der Waals surface area contributed by atoms with Crippen LogP contribution in [0.2, 0.25) is 0 Å². The zero-order valence-electron chi connectivity index (χ0n) is 12.9. The van der Waals surface area contributed by atoms with E-state index in [4.69, 9.17) is 5.11 Å². The summed E-state index contributed by atoms with van der Waals surface area (Å²) in [6.07, 6.45) is -0.621. The molecule has 8 heteroatoms. The highest BCUT2D eigenvalue weighted by molar-refractivity contribution is 5.80. The van der Waals surface area contributed by atoms with Gasteiger partial charge in [0, 0.05) is 24.4 Å². The van der Waals surface area contributed by atoms with Crippen molar-refractivity contribution in [1.82, 2.24) is 19.7 Å². The van der Waals surface area contributed by atoms with Gasteiger partial charge in [0.05, 0.1) is 11.3 Å².